The van der Waals surface area contributed by atoms with Crippen LogP contribution in [0.3, 0.4) is 0 Å². The van der Waals surface area contributed by atoms with Gasteiger partial charge in [-0.05, 0) is 6.42 Å². The van der Waals surface area contributed by atoms with Gasteiger partial charge in [-0.25, -0.2) is 0 Å². The Labute approximate surface area is 258 Å². The van der Waals surface area contributed by atoms with Crippen LogP contribution < -0.4 is 0 Å². The summed E-state index contributed by atoms with van der Waals surface area (Å²) in [5.41, 5.74) is 0. The first-order chi connectivity index (χ1) is 21.6. The molecule has 1 fully saturated rings. The van der Waals surface area contributed by atoms with E-state index in [2.05, 4.69) is 9.47 Å². The van der Waals surface area contributed by atoms with Crippen molar-refractivity contribution in [3.05, 3.63) is 0 Å². The van der Waals surface area contributed by atoms with E-state index < -0.39 is 129 Å². The topological polar surface area (TPSA) is 38.7 Å². The Morgan fingerprint density at radius 3 is 0.980 bits per heavy atom. The maximum atomic E-state index is 14.3. The molecule has 1 aliphatic heterocycles. The Morgan fingerprint density at radius 1 is 0.440 bits per heavy atom. The zero-order chi connectivity index (χ0) is 40.4. The fourth-order valence-corrected chi connectivity index (χ4v) is 3.90. The third kappa shape index (κ3) is 6.94. The lowest BCUT2D eigenvalue weighted by Gasteiger charge is -2.41. The van der Waals surface area contributed by atoms with E-state index in [1.165, 1.54) is 0 Å². The largest absolute Gasteiger partial charge is 0.460 e. The van der Waals surface area contributed by atoms with Gasteiger partial charge in [0.15, 0.2) is 5.79 Å². The number of hydrogen-bond donors (Lipinski definition) is 1. The highest BCUT2D eigenvalue weighted by molar-refractivity contribution is 5.12. The van der Waals surface area contributed by atoms with Gasteiger partial charge in [0.2, 0.25) is 0 Å². The van der Waals surface area contributed by atoms with E-state index in [9.17, 15) is 114 Å². The Kier molecular flexibility index (Phi) is 11.9. The average Bonchev–Trinajstić information content (AvgIpc) is 3.32. The quantitative estimate of drug-likeness (QED) is 0.158. The molecule has 0 spiro atoms. The summed E-state index contributed by atoms with van der Waals surface area (Å²) in [6.45, 7) is -2.39. The summed E-state index contributed by atoms with van der Waals surface area (Å²) in [4.78, 5) is 0. The molecule has 29 heteroatoms. The van der Waals surface area contributed by atoms with E-state index in [1.54, 1.807) is 0 Å². The van der Waals surface area contributed by atoms with Crippen molar-refractivity contribution in [2.24, 2.45) is 0 Å². The van der Waals surface area contributed by atoms with Crippen LogP contribution in [0.25, 0.3) is 0 Å². The molecule has 50 heavy (non-hydrogen) atoms. The van der Waals surface area contributed by atoms with Gasteiger partial charge in [-0.1, -0.05) is 0 Å². The third-order valence-corrected chi connectivity index (χ3v) is 7.00. The van der Waals surface area contributed by atoms with Crippen LogP contribution in [0.5, 0.6) is 0 Å². The number of aliphatic hydroxyl groups is 1. The van der Waals surface area contributed by atoms with E-state index in [4.69, 9.17) is 5.11 Å². The van der Waals surface area contributed by atoms with Crippen LogP contribution in [0, 0.1) is 0 Å². The molecule has 0 amide bonds. The van der Waals surface area contributed by atoms with Gasteiger partial charge in [-0.3, -0.25) is 0 Å². The molecule has 300 valence electrons. The monoisotopic (exact) mass is 810 g/mol. The molecule has 1 saturated heterocycles. The molecule has 1 atom stereocenters. The molecule has 0 unspecified atom stereocenters. The first kappa shape index (κ1) is 46.1. The van der Waals surface area contributed by atoms with Crippen molar-refractivity contribution in [3.8, 4) is 0 Å². The average molecular weight is 810 g/mol. The van der Waals surface area contributed by atoms with Crippen molar-refractivity contribution in [1.29, 1.82) is 0 Å². The van der Waals surface area contributed by atoms with Crippen molar-refractivity contribution in [1.82, 2.24) is 0 Å². The number of hydrogen-bond acceptors (Lipinski definition) is 3. The fourth-order valence-electron chi connectivity index (χ4n) is 3.90. The number of ether oxygens (including phenoxy) is 2. The molecule has 0 aromatic heterocycles. The van der Waals surface area contributed by atoms with Gasteiger partial charge in [-0.15, -0.1) is 0 Å². The Morgan fingerprint density at radius 2 is 0.720 bits per heavy atom. The van der Waals surface area contributed by atoms with Gasteiger partial charge in [0, 0.05) is 32.3 Å². The molecule has 0 aromatic carbocycles. The van der Waals surface area contributed by atoms with Gasteiger partial charge in [0.05, 0.1) is 12.7 Å². The lowest BCUT2D eigenvalue weighted by atomic mass is 9.88. The molecule has 0 saturated carbocycles. The fraction of sp³-hybridized carbons (Fsp3) is 1.00. The van der Waals surface area contributed by atoms with E-state index in [0.29, 0.717) is 0 Å². The summed E-state index contributed by atoms with van der Waals surface area (Å²) < 4.78 is 356. The zero-order valence-electron chi connectivity index (χ0n) is 23.1. The zero-order valence-corrected chi connectivity index (χ0v) is 23.1. The van der Waals surface area contributed by atoms with Crippen LogP contribution in [0.2, 0.25) is 0 Å². The van der Waals surface area contributed by atoms with Crippen LogP contribution >= 0.6 is 0 Å². The molecule has 0 aliphatic carbocycles. The summed E-state index contributed by atoms with van der Waals surface area (Å²) in [5, 5.41) is 8.84. The van der Waals surface area contributed by atoms with Crippen molar-refractivity contribution >= 4 is 0 Å². The van der Waals surface area contributed by atoms with Gasteiger partial charge >= 0.3 is 71.6 Å². The lowest BCUT2D eigenvalue weighted by molar-refractivity contribution is -0.441. The minimum atomic E-state index is -8.40. The summed E-state index contributed by atoms with van der Waals surface area (Å²) in [5.74, 6) is -83.7. The first-order valence-corrected chi connectivity index (χ1v) is 12.4. The Balaban J connectivity index is 3.55. The van der Waals surface area contributed by atoms with E-state index in [0.717, 1.165) is 0 Å². The number of alkyl halides is 26. The van der Waals surface area contributed by atoms with Crippen LogP contribution in [-0.2, 0) is 9.47 Å². The molecule has 1 aliphatic rings. The second kappa shape index (κ2) is 12.9. The second-order valence-electron chi connectivity index (χ2n) is 10.5. The van der Waals surface area contributed by atoms with Crippen molar-refractivity contribution in [2.75, 3.05) is 13.2 Å². The van der Waals surface area contributed by atoms with Gasteiger partial charge in [0.25, 0.3) is 0 Å². The van der Waals surface area contributed by atoms with Crippen LogP contribution in [-0.4, -0.2) is 102 Å². The normalized spacial score (nSPS) is 20.1. The predicted octanol–water partition coefficient (Wildman–Crippen LogP) is 9.52. The standard InChI is InChI=1S/C21H16F26O3/c22-10(23,12(26,27)14(30,31)16(34,35)18(38,39)20(42,43)44)4-2-9(49-7-8(50-9)1-6-48)3-5-11(24,25)13(28,29)15(32,33)17(36,37)19(40,41)21(45,46)47/h8,48H,1-7H2/t8-/m0/s1. The lowest BCUT2D eigenvalue weighted by Crippen LogP contribution is -2.70. The Hall–Kier alpha value is -1.94. The van der Waals surface area contributed by atoms with Crippen LogP contribution in [0.15, 0.2) is 0 Å². The highest BCUT2D eigenvalue weighted by Crippen LogP contribution is 2.63. The highest BCUT2D eigenvalue weighted by Gasteiger charge is 2.92. The minimum Gasteiger partial charge on any atom is -0.396 e. The highest BCUT2D eigenvalue weighted by atomic mass is 19.4. The molecule has 1 rings (SSSR count). The van der Waals surface area contributed by atoms with Crippen molar-refractivity contribution < 1.29 is 129 Å². The van der Waals surface area contributed by atoms with Crippen LogP contribution in [0.4, 0.5) is 114 Å². The van der Waals surface area contributed by atoms with Gasteiger partial charge in [0.1, 0.15) is 0 Å². The maximum absolute atomic E-state index is 14.3. The molecule has 0 bridgehead atoms. The number of halogens is 26. The molecular formula is C21H16F26O3. The SMILES string of the molecule is OCC[C@H]1COC(CCC(F)(F)C(F)(F)C(F)(F)C(F)(F)C(F)(F)C(F)(F)F)(CCC(F)(F)C(F)(F)C(F)(F)C(F)(F)C(F)(F)C(F)(F)F)O1. The van der Waals surface area contributed by atoms with E-state index >= 15 is 0 Å². The van der Waals surface area contributed by atoms with Crippen molar-refractivity contribution in [2.45, 2.75) is 116 Å². The predicted molar refractivity (Wildman–Crippen MR) is 105 cm³/mol. The smallest absolute Gasteiger partial charge is 0.396 e. The number of aliphatic hydroxyl groups excluding tert-OH is 1. The second-order valence-corrected chi connectivity index (χ2v) is 10.5. The third-order valence-electron chi connectivity index (χ3n) is 7.00. The van der Waals surface area contributed by atoms with Crippen LogP contribution in [0.1, 0.15) is 32.1 Å². The summed E-state index contributed by atoms with van der Waals surface area (Å²) >= 11 is 0. The summed E-state index contributed by atoms with van der Waals surface area (Å²) in [7, 11) is 0. The van der Waals surface area contributed by atoms with Gasteiger partial charge in [-0.2, -0.15) is 114 Å². The molecule has 0 radical (unpaired) electrons. The van der Waals surface area contributed by atoms with Crippen molar-refractivity contribution in [3.63, 3.8) is 0 Å². The van der Waals surface area contributed by atoms with Gasteiger partial charge < -0.3 is 14.6 Å². The maximum Gasteiger partial charge on any atom is 0.460 e. The first-order valence-electron chi connectivity index (χ1n) is 12.4. The number of rotatable bonds is 16. The summed E-state index contributed by atoms with van der Waals surface area (Å²) in [6, 6.07) is 0. The molecule has 0 aromatic rings. The minimum absolute atomic E-state index is 0.867. The molecule has 1 heterocycles. The summed E-state index contributed by atoms with van der Waals surface area (Å²) in [6.07, 6.45) is -30.2. The molecule has 1 N–H and O–H groups in total. The van der Waals surface area contributed by atoms with E-state index in [1.807, 2.05) is 0 Å². The van der Waals surface area contributed by atoms with E-state index in [-0.39, 0.29) is 0 Å². The molecule has 3 nitrogen and oxygen atoms in total. The molecular weight excluding hydrogens is 794 g/mol. The Bertz CT molecular complexity index is 1090.